The van der Waals surface area contributed by atoms with Crippen molar-refractivity contribution in [1.29, 1.82) is 0 Å². The van der Waals surface area contributed by atoms with Crippen molar-refractivity contribution in [3.8, 4) is 0 Å². The van der Waals surface area contributed by atoms with Crippen LogP contribution >= 0.6 is 11.3 Å². The molecule has 2 atom stereocenters. The number of likely N-dealkylation sites (tertiary alicyclic amines) is 1. The third kappa shape index (κ3) is 4.27. The molecule has 0 radical (unpaired) electrons. The van der Waals surface area contributed by atoms with Gasteiger partial charge in [-0.3, -0.25) is 9.69 Å². The van der Waals surface area contributed by atoms with Gasteiger partial charge in [-0.05, 0) is 37.9 Å². The van der Waals surface area contributed by atoms with Crippen LogP contribution < -0.4 is 10.6 Å². The predicted octanol–water partition coefficient (Wildman–Crippen LogP) is 2.30. The van der Waals surface area contributed by atoms with E-state index in [1.807, 2.05) is 30.5 Å². The number of anilines is 2. The molecular weight excluding hydrogens is 310 g/mol. The van der Waals surface area contributed by atoms with E-state index in [1.165, 1.54) is 11.3 Å². The van der Waals surface area contributed by atoms with Crippen LogP contribution in [0.2, 0.25) is 0 Å². The van der Waals surface area contributed by atoms with E-state index in [9.17, 15) is 4.79 Å². The number of pyridine rings is 1. The molecule has 3 heterocycles. The summed E-state index contributed by atoms with van der Waals surface area (Å²) in [5.74, 6) is 1.45. The molecule has 0 spiro atoms. The van der Waals surface area contributed by atoms with Crippen LogP contribution in [0, 0.1) is 5.92 Å². The minimum Gasteiger partial charge on any atom is -0.370 e. The van der Waals surface area contributed by atoms with E-state index in [0.29, 0.717) is 11.0 Å². The molecule has 1 aliphatic rings. The van der Waals surface area contributed by atoms with Gasteiger partial charge in [-0.15, -0.1) is 11.3 Å². The van der Waals surface area contributed by atoms with Gasteiger partial charge in [0.1, 0.15) is 5.82 Å². The lowest BCUT2D eigenvalue weighted by Crippen LogP contribution is -2.41. The average Bonchev–Trinajstić information content (AvgIpc) is 3.25. The van der Waals surface area contributed by atoms with E-state index in [0.717, 1.165) is 31.9 Å². The molecule has 0 saturated carbocycles. The van der Waals surface area contributed by atoms with Crippen LogP contribution in [0.3, 0.4) is 0 Å². The Bertz CT molecular complexity index is 619. The second-order valence-electron chi connectivity index (χ2n) is 5.75. The van der Waals surface area contributed by atoms with Crippen molar-refractivity contribution in [2.75, 3.05) is 30.3 Å². The molecule has 23 heavy (non-hydrogen) atoms. The summed E-state index contributed by atoms with van der Waals surface area (Å²) in [7, 11) is 0. The Morgan fingerprint density at radius 2 is 2.35 bits per heavy atom. The van der Waals surface area contributed by atoms with Crippen LogP contribution in [0.5, 0.6) is 0 Å². The molecular formula is C16H21N5OS. The lowest BCUT2D eigenvalue weighted by molar-refractivity contribution is -0.120. The Kier molecular flexibility index (Phi) is 5.19. The number of hydrogen-bond acceptors (Lipinski definition) is 6. The smallest absolute Gasteiger partial charge is 0.243 e. The fourth-order valence-corrected chi connectivity index (χ4v) is 3.29. The van der Waals surface area contributed by atoms with Gasteiger partial charge in [0.2, 0.25) is 5.91 Å². The van der Waals surface area contributed by atoms with E-state index in [2.05, 4.69) is 25.5 Å². The Morgan fingerprint density at radius 3 is 3.09 bits per heavy atom. The number of nitrogens with one attached hydrogen (secondary N) is 2. The van der Waals surface area contributed by atoms with Crippen LogP contribution in [0.15, 0.2) is 36.0 Å². The molecule has 7 heteroatoms. The van der Waals surface area contributed by atoms with Crippen molar-refractivity contribution >= 4 is 28.2 Å². The fourth-order valence-electron chi connectivity index (χ4n) is 2.76. The third-order valence-electron chi connectivity index (χ3n) is 4.14. The molecule has 122 valence electrons. The molecule has 1 fully saturated rings. The average molecular weight is 331 g/mol. The molecule has 2 unspecified atom stereocenters. The van der Waals surface area contributed by atoms with Gasteiger partial charge in [0, 0.05) is 30.9 Å². The summed E-state index contributed by atoms with van der Waals surface area (Å²) in [5.41, 5.74) is 0. The van der Waals surface area contributed by atoms with Crippen molar-refractivity contribution < 1.29 is 4.79 Å². The zero-order valence-corrected chi connectivity index (χ0v) is 13.9. The van der Waals surface area contributed by atoms with Crippen molar-refractivity contribution in [2.24, 2.45) is 5.92 Å². The third-order valence-corrected chi connectivity index (χ3v) is 4.83. The highest BCUT2D eigenvalue weighted by atomic mass is 32.1. The van der Waals surface area contributed by atoms with Crippen LogP contribution in [0.4, 0.5) is 10.9 Å². The van der Waals surface area contributed by atoms with Crippen molar-refractivity contribution in [2.45, 2.75) is 19.4 Å². The number of carbonyl (C=O) groups is 1. The molecule has 3 rings (SSSR count). The molecule has 2 aromatic rings. The van der Waals surface area contributed by atoms with Crippen molar-refractivity contribution in [3.05, 3.63) is 36.0 Å². The van der Waals surface area contributed by atoms with Crippen LogP contribution in [0.25, 0.3) is 0 Å². The summed E-state index contributed by atoms with van der Waals surface area (Å²) >= 11 is 1.44. The maximum absolute atomic E-state index is 12.3. The number of rotatable bonds is 6. The molecule has 1 amide bonds. The summed E-state index contributed by atoms with van der Waals surface area (Å²) in [6, 6.07) is 5.71. The van der Waals surface area contributed by atoms with E-state index in [-0.39, 0.29) is 11.9 Å². The van der Waals surface area contributed by atoms with Gasteiger partial charge in [-0.1, -0.05) is 6.07 Å². The van der Waals surface area contributed by atoms with Crippen molar-refractivity contribution in [3.63, 3.8) is 0 Å². The molecule has 1 saturated heterocycles. The number of aromatic nitrogens is 2. The quantitative estimate of drug-likeness (QED) is 0.850. The van der Waals surface area contributed by atoms with Crippen LogP contribution in [0.1, 0.15) is 13.3 Å². The van der Waals surface area contributed by atoms with Gasteiger partial charge in [-0.25, -0.2) is 9.97 Å². The predicted molar refractivity (Wildman–Crippen MR) is 92.6 cm³/mol. The number of carbonyl (C=O) groups excluding carboxylic acids is 1. The standard InChI is InChI=1S/C16H21N5OS/c1-12(15(22)20-16-18-7-9-23-16)21-8-5-13(11-21)10-19-14-4-2-3-6-17-14/h2-4,6-7,9,12-13H,5,8,10-11H2,1H3,(H,17,19)(H,18,20,22). The summed E-state index contributed by atoms with van der Waals surface area (Å²) < 4.78 is 0. The van der Waals surface area contributed by atoms with Crippen LogP contribution in [-0.2, 0) is 4.79 Å². The molecule has 0 aliphatic carbocycles. The lowest BCUT2D eigenvalue weighted by Gasteiger charge is -2.23. The molecule has 2 N–H and O–H groups in total. The van der Waals surface area contributed by atoms with E-state index in [1.54, 1.807) is 12.4 Å². The SMILES string of the molecule is CC(C(=O)Nc1nccs1)N1CCC(CNc2ccccn2)C1. The van der Waals surface area contributed by atoms with Crippen LogP contribution in [-0.4, -0.2) is 46.5 Å². The molecule has 6 nitrogen and oxygen atoms in total. The summed E-state index contributed by atoms with van der Waals surface area (Å²) in [6.45, 7) is 4.71. The Hall–Kier alpha value is -1.99. The Balaban J connectivity index is 1.46. The van der Waals surface area contributed by atoms with Gasteiger partial charge in [0.25, 0.3) is 0 Å². The Morgan fingerprint density at radius 1 is 1.43 bits per heavy atom. The van der Waals surface area contributed by atoms with Gasteiger partial charge < -0.3 is 10.6 Å². The van der Waals surface area contributed by atoms with Gasteiger partial charge >= 0.3 is 0 Å². The highest BCUT2D eigenvalue weighted by molar-refractivity contribution is 7.13. The van der Waals surface area contributed by atoms with E-state index < -0.39 is 0 Å². The van der Waals surface area contributed by atoms with E-state index in [4.69, 9.17) is 0 Å². The second-order valence-corrected chi connectivity index (χ2v) is 6.64. The summed E-state index contributed by atoms with van der Waals surface area (Å²) in [4.78, 5) is 22.9. The number of nitrogens with zero attached hydrogens (tertiary/aromatic N) is 3. The highest BCUT2D eigenvalue weighted by Crippen LogP contribution is 2.20. The molecule has 0 bridgehead atoms. The first-order chi connectivity index (χ1) is 11.2. The Labute approximate surface area is 140 Å². The van der Waals surface area contributed by atoms with Gasteiger partial charge in [-0.2, -0.15) is 0 Å². The topological polar surface area (TPSA) is 70.2 Å². The van der Waals surface area contributed by atoms with E-state index >= 15 is 0 Å². The van der Waals surface area contributed by atoms with Gasteiger partial charge in [0.15, 0.2) is 5.13 Å². The second kappa shape index (κ2) is 7.52. The molecule has 0 aromatic carbocycles. The maximum atomic E-state index is 12.3. The minimum atomic E-state index is -0.140. The normalized spacial score (nSPS) is 19.4. The number of hydrogen-bond donors (Lipinski definition) is 2. The fraction of sp³-hybridized carbons (Fsp3) is 0.438. The monoisotopic (exact) mass is 331 g/mol. The zero-order valence-electron chi connectivity index (χ0n) is 13.1. The first kappa shape index (κ1) is 15.9. The van der Waals surface area contributed by atoms with Crippen molar-refractivity contribution in [1.82, 2.24) is 14.9 Å². The number of amides is 1. The number of thiazole rings is 1. The zero-order chi connectivity index (χ0) is 16.1. The molecule has 1 aliphatic heterocycles. The highest BCUT2D eigenvalue weighted by Gasteiger charge is 2.29. The summed E-state index contributed by atoms with van der Waals surface area (Å²) in [6.07, 6.45) is 4.57. The van der Waals surface area contributed by atoms with Gasteiger partial charge in [0.05, 0.1) is 6.04 Å². The minimum absolute atomic E-state index is 0.0123. The first-order valence-electron chi connectivity index (χ1n) is 7.81. The first-order valence-corrected chi connectivity index (χ1v) is 8.69. The lowest BCUT2D eigenvalue weighted by atomic mass is 10.1. The maximum Gasteiger partial charge on any atom is 0.243 e. The largest absolute Gasteiger partial charge is 0.370 e. The molecule has 2 aromatic heterocycles. The summed E-state index contributed by atoms with van der Waals surface area (Å²) in [5, 5.41) is 8.76.